The van der Waals surface area contributed by atoms with Crippen molar-refractivity contribution in [1.82, 2.24) is 9.29 Å². The fourth-order valence-electron chi connectivity index (χ4n) is 3.89. The van der Waals surface area contributed by atoms with Crippen LogP contribution < -0.4 is 10.2 Å². The topological polar surface area (TPSA) is 106 Å². The first kappa shape index (κ1) is 23.7. The third kappa shape index (κ3) is 4.92. The van der Waals surface area contributed by atoms with Gasteiger partial charge in [0.2, 0.25) is 10.0 Å². The molecule has 1 aromatic carbocycles. The van der Waals surface area contributed by atoms with Crippen molar-refractivity contribution in [3.8, 4) is 6.07 Å². The number of hydrogen-bond acceptors (Lipinski definition) is 6. The molecule has 170 valence electrons. The van der Waals surface area contributed by atoms with Gasteiger partial charge in [-0.3, -0.25) is 4.79 Å². The number of anilines is 2. The Hall–Kier alpha value is -2.96. The molecule has 9 heteroatoms. The lowest BCUT2D eigenvalue weighted by molar-refractivity contribution is 0.102. The number of nitriles is 1. The van der Waals surface area contributed by atoms with Gasteiger partial charge >= 0.3 is 0 Å². The van der Waals surface area contributed by atoms with E-state index in [2.05, 4.69) is 15.2 Å². The molecule has 2 aromatic rings. The summed E-state index contributed by atoms with van der Waals surface area (Å²) in [5.74, 6) is -0.451. The average molecular weight is 456 g/mol. The van der Waals surface area contributed by atoms with E-state index in [0.717, 1.165) is 38.0 Å². The number of carbonyl (C=O) groups is 1. The average Bonchev–Trinajstić information content (AvgIpc) is 2.80. The molecule has 1 aliphatic rings. The Labute approximate surface area is 189 Å². The maximum Gasteiger partial charge on any atom is 0.274 e. The number of benzene rings is 1. The molecule has 0 radical (unpaired) electrons. The first-order valence-electron chi connectivity index (χ1n) is 10.9. The largest absolute Gasteiger partial charge is 0.370 e. The molecule has 2 heterocycles. The van der Waals surface area contributed by atoms with Gasteiger partial charge in [0.05, 0.1) is 27.5 Å². The van der Waals surface area contributed by atoms with E-state index >= 15 is 0 Å². The number of pyridine rings is 1. The SMILES string of the molecule is CCN(CC)S(=O)(=O)c1ccc(N2CCCCC2)c(NC(=O)c2ccc(C#N)c(C)n2)c1. The number of amides is 1. The highest BCUT2D eigenvalue weighted by molar-refractivity contribution is 7.89. The number of nitrogens with zero attached hydrogens (tertiary/aromatic N) is 4. The minimum absolute atomic E-state index is 0.140. The molecular weight excluding hydrogens is 426 g/mol. The molecule has 0 atom stereocenters. The molecule has 0 bridgehead atoms. The molecule has 3 rings (SSSR count). The van der Waals surface area contributed by atoms with E-state index in [0.29, 0.717) is 30.0 Å². The van der Waals surface area contributed by atoms with E-state index in [1.807, 2.05) is 6.07 Å². The van der Waals surface area contributed by atoms with Crippen LogP contribution in [0.1, 0.15) is 54.9 Å². The molecule has 1 saturated heterocycles. The van der Waals surface area contributed by atoms with Crippen molar-refractivity contribution in [2.45, 2.75) is 44.9 Å². The normalized spacial score (nSPS) is 14.3. The molecule has 1 amide bonds. The number of hydrogen-bond donors (Lipinski definition) is 1. The molecule has 0 spiro atoms. The summed E-state index contributed by atoms with van der Waals surface area (Å²) >= 11 is 0. The van der Waals surface area contributed by atoms with Crippen molar-refractivity contribution < 1.29 is 13.2 Å². The molecule has 0 aliphatic carbocycles. The second-order valence-electron chi connectivity index (χ2n) is 7.71. The zero-order valence-corrected chi connectivity index (χ0v) is 19.6. The lowest BCUT2D eigenvalue weighted by Crippen LogP contribution is -2.32. The smallest absolute Gasteiger partial charge is 0.274 e. The Morgan fingerprint density at radius 1 is 1.16 bits per heavy atom. The maximum atomic E-state index is 13.1. The van der Waals surface area contributed by atoms with Crippen LogP contribution in [0.25, 0.3) is 0 Å². The number of nitrogens with one attached hydrogen (secondary N) is 1. The molecule has 32 heavy (non-hydrogen) atoms. The van der Waals surface area contributed by atoms with Gasteiger partial charge in [-0.25, -0.2) is 13.4 Å². The van der Waals surface area contributed by atoms with Gasteiger partial charge in [-0.2, -0.15) is 9.57 Å². The summed E-state index contributed by atoms with van der Waals surface area (Å²) in [6.07, 6.45) is 3.24. The summed E-state index contributed by atoms with van der Waals surface area (Å²) in [5, 5.41) is 12.0. The van der Waals surface area contributed by atoms with Crippen molar-refractivity contribution in [3.63, 3.8) is 0 Å². The first-order chi connectivity index (χ1) is 15.3. The zero-order chi connectivity index (χ0) is 23.3. The van der Waals surface area contributed by atoms with Crippen molar-refractivity contribution in [2.75, 3.05) is 36.4 Å². The van der Waals surface area contributed by atoms with Crippen LogP contribution in [0.4, 0.5) is 11.4 Å². The number of aromatic nitrogens is 1. The summed E-state index contributed by atoms with van der Waals surface area (Å²) < 4.78 is 27.5. The van der Waals surface area contributed by atoms with Crippen LogP contribution in [0.15, 0.2) is 35.2 Å². The zero-order valence-electron chi connectivity index (χ0n) is 18.8. The summed E-state index contributed by atoms with van der Waals surface area (Å²) in [6, 6.07) is 10.0. The van der Waals surface area contributed by atoms with Gasteiger partial charge in [0.15, 0.2) is 0 Å². The molecule has 1 aromatic heterocycles. The van der Waals surface area contributed by atoms with E-state index in [-0.39, 0.29) is 10.6 Å². The van der Waals surface area contributed by atoms with Crippen molar-refractivity contribution >= 4 is 27.3 Å². The van der Waals surface area contributed by atoms with Crippen LogP contribution in [0.3, 0.4) is 0 Å². The minimum Gasteiger partial charge on any atom is -0.370 e. The van der Waals surface area contributed by atoms with Crippen LogP contribution in [0.5, 0.6) is 0 Å². The van der Waals surface area contributed by atoms with E-state index in [9.17, 15) is 13.2 Å². The highest BCUT2D eigenvalue weighted by atomic mass is 32.2. The number of carbonyl (C=O) groups excluding carboxylic acids is 1. The lowest BCUT2D eigenvalue weighted by Gasteiger charge is -2.31. The van der Waals surface area contributed by atoms with Crippen molar-refractivity contribution in [3.05, 3.63) is 47.3 Å². The van der Waals surface area contributed by atoms with Gasteiger partial charge in [-0.1, -0.05) is 13.8 Å². The standard InChI is InChI=1S/C23H29N5O3S/c1-4-28(5-2)32(30,31)19-10-12-22(27-13-7-6-8-14-27)21(15-19)26-23(29)20-11-9-18(16-24)17(3)25-20/h9-12,15H,4-8,13-14H2,1-3H3,(H,26,29). The Balaban J connectivity index is 2.01. The Kier molecular flexibility index (Phi) is 7.48. The molecule has 1 N–H and O–H groups in total. The van der Waals surface area contributed by atoms with Crippen LogP contribution in [0, 0.1) is 18.3 Å². The third-order valence-electron chi connectivity index (χ3n) is 5.70. The second kappa shape index (κ2) is 10.1. The fourth-order valence-corrected chi connectivity index (χ4v) is 5.38. The first-order valence-corrected chi connectivity index (χ1v) is 12.3. The number of aryl methyl sites for hydroxylation is 1. The van der Waals surface area contributed by atoms with E-state index in [1.165, 1.54) is 16.4 Å². The highest BCUT2D eigenvalue weighted by Crippen LogP contribution is 2.32. The number of rotatable bonds is 7. The van der Waals surface area contributed by atoms with Gasteiger partial charge in [0.1, 0.15) is 11.8 Å². The molecule has 1 aliphatic heterocycles. The molecule has 0 unspecified atom stereocenters. The third-order valence-corrected chi connectivity index (χ3v) is 7.74. The summed E-state index contributed by atoms with van der Waals surface area (Å²) in [5.41, 5.74) is 2.27. The molecule has 0 saturated carbocycles. The fraction of sp³-hybridized carbons (Fsp3) is 0.435. The maximum absolute atomic E-state index is 13.1. The quantitative estimate of drug-likeness (QED) is 0.684. The van der Waals surface area contributed by atoms with Crippen LogP contribution >= 0.6 is 0 Å². The van der Waals surface area contributed by atoms with Crippen LogP contribution in [0.2, 0.25) is 0 Å². The highest BCUT2D eigenvalue weighted by Gasteiger charge is 2.25. The van der Waals surface area contributed by atoms with Gasteiger partial charge in [-0.15, -0.1) is 0 Å². The second-order valence-corrected chi connectivity index (χ2v) is 9.65. The van der Waals surface area contributed by atoms with Gasteiger partial charge in [0, 0.05) is 26.2 Å². The van der Waals surface area contributed by atoms with E-state index in [4.69, 9.17) is 5.26 Å². The van der Waals surface area contributed by atoms with E-state index in [1.54, 1.807) is 39.0 Å². The number of sulfonamides is 1. The summed E-state index contributed by atoms with van der Waals surface area (Å²) in [6.45, 7) is 7.69. The predicted molar refractivity (Wildman–Crippen MR) is 124 cm³/mol. The van der Waals surface area contributed by atoms with Gasteiger partial charge in [-0.05, 0) is 56.5 Å². The monoisotopic (exact) mass is 455 g/mol. The lowest BCUT2D eigenvalue weighted by atomic mass is 10.1. The van der Waals surface area contributed by atoms with Crippen LogP contribution in [-0.2, 0) is 10.0 Å². The Morgan fingerprint density at radius 2 is 1.84 bits per heavy atom. The van der Waals surface area contributed by atoms with Crippen molar-refractivity contribution in [1.29, 1.82) is 5.26 Å². The summed E-state index contributed by atoms with van der Waals surface area (Å²) in [7, 11) is -3.68. The molecular formula is C23H29N5O3S. The van der Waals surface area contributed by atoms with Gasteiger partial charge < -0.3 is 10.2 Å². The van der Waals surface area contributed by atoms with E-state index < -0.39 is 15.9 Å². The molecule has 1 fully saturated rings. The Bertz CT molecular complexity index is 1130. The molecule has 8 nitrogen and oxygen atoms in total. The minimum atomic E-state index is -3.68. The summed E-state index contributed by atoms with van der Waals surface area (Å²) in [4.78, 5) is 19.5. The predicted octanol–water partition coefficient (Wildman–Crippen LogP) is 3.53. The number of piperidine rings is 1. The van der Waals surface area contributed by atoms with Gasteiger partial charge in [0.25, 0.3) is 5.91 Å². The van der Waals surface area contributed by atoms with Crippen LogP contribution in [-0.4, -0.2) is 49.8 Å². The van der Waals surface area contributed by atoms with Crippen molar-refractivity contribution in [2.24, 2.45) is 0 Å². The Morgan fingerprint density at radius 3 is 2.44 bits per heavy atom.